The fraction of sp³-hybridized carbons (Fsp3) is 0.267. The maximum atomic E-state index is 12.2. The molecule has 0 aromatic heterocycles. The van der Waals surface area contributed by atoms with Gasteiger partial charge in [0.25, 0.3) is 11.8 Å². The van der Waals surface area contributed by atoms with Gasteiger partial charge in [-0.05, 0) is 46.2 Å². The van der Waals surface area contributed by atoms with Crippen molar-refractivity contribution in [2.24, 2.45) is 16.1 Å². The minimum Gasteiger partial charge on any atom is -0.411 e. The first kappa shape index (κ1) is 29.9. The molecule has 8 heteroatoms. The molecule has 0 saturated heterocycles. The van der Waals surface area contributed by atoms with E-state index in [1.165, 1.54) is 11.8 Å². The molecule has 38 heavy (non-hydrogen) atoms. The summed E-state index contributed by atoms with van der Waals surface area (Å²) in [5, 5.41) is 15.8. The lowest BCUT2D eigenvalue weighted by atomic mass is 9.87. The normalized spacial score (nSPS) is 11.9. The first-order valence-corrected chi connectivity index (χ1v) is 12.2. The highest BCUT2D eigenvalue weighted by Gasteiger charge is 2.15. The maximum Gasteiger partial charge on any atom is 0.271 e. The average molecular weight is 516 g/mol. The molecule has 0 aliphatic rings. The molecule has 3 rings (SSSR count). The highest BCUT2D eigenvalue weighted by atomic mass is 16.4. The van der Waals surface area contributed by atoms with Crippen LogP contribution in [0.1, 0.15) is 78.9 Å². The maximum absolute atomic E-state index is 12.2. The van der Waals surface area contributed by atoms with Crippen molar-refractivity contribution < 1.29 is 14.8 Å². The van der Waals surface area contributed by atoms with E-state index in [2.05, 4.69) is 62.7 Å². The van der Waals surface area contributed by atoms with Crippen LogP contribution in [0.15, 0.2) is 89.1 Å². The van der Waals surface area contributed by atoms with Gasteiger partial charge in [-0.2, -0.15) is 5.10 Å². The molecule has 0 bridgehead atoms. The SMILES string of the molecule is CC(C)(C)c1ccc(C(=O)N/N=C(\C=N\O)c2ccccc2)cc1.CC(C)(C)c1ccc(C(=O)NN)cc1. The van der Waals surface area contributed by atoms with Crippen LogP contribution in [0, 0.1) is 0 Å². The summed E-state index contributed by atoms with van der Waals surface area (Å²) < 4.78 is 0. The van der Waals surface area contributed by atoms with Gasteiger partial charge in [0, 0.05) is 16.7 Å². The first-order chi connectivity index (χ1) is 17.9. The second kappa shape index (κ2) is 13.3. The quantitative estimate of drug-likeness (QED) is 0.123. The monoisotopic (exact) mass is 515 g/mol. The minimum atomic E-state index is -0.324. The Hall–Kier alpha value is -4.30. The van der Waals surface area contributed by atoms with Gasteiger partial charge in [0.1, 0.15) is 5.71 Å². The number of hydrazine groups is 1. The van der Waals surface area contributed by atoms with Gasteiger partial charge in [0.2, 0.25) is 0 Å². The lowest BCUT2D eigenvalue weighted by Crippen LogP contribution is -2.30. The first-order valence-electron chi connectivity index (χ1n) is 12.2. The summed E-state index contributed by atoms with van der Waals surface area (Å²) in [6, 6.07) is 24.0. The molecule has 5 N–H and O–H groups in total. The third-order valence-corrected chi connectivity index (χ3v) is 5.68. The molecule has 0 fully saturated rings. The summed E-state index contributed by atoms with van der Waals surface area (Å²) in [5.41, 5.74) is 9.27. The van der Waals surface area contributed by atoms with Crippen molar-refractivity contribution in [2.45, 2.75) is 52.4 Å². The van der Waals surface area contributed by atoms with Crippen molar-refractivity contribution in [3.8, 4) is 0 Å². The fourth-order valence-electron chi connectivity index (χ4n) is 3.33. The Morgan fingerprint density at radius 3 is 1.55 bits per heavy atom. The van der Waals surface area contributed by atoms with Crippen LogP contribution in [-0.4, -0.2) is 28.9 Å². The van der Waals surface area contributed by atoms with Crippen LogP contribution >= 0.6 is 0 Å². The molecule has 0 unspecified atom stereocenters. The molecule has 0 atom stereocenters. The number of hydrazone groups is 1. The van der Waals surface area contributed by atoms with Gasteiger partial charge < -0.3 is 5.21 Å². The van der Waals surface area contributed by atoms with E-state index in [1.54, 1.807) is 24.3 Å². The Kier molecular flexibility index (Phi) is 10.5. The molecule has 0 spiro atoms. The molecule has 2 amide bonds. The number of rotatable bonds is 5. The van der Waals surface area contributed by atoms with E-state index in [-0.39, 0.29) is 22.6 Å². The van der Waals surface area contributed by atoms with Crippen LogP contribution in [0.2, 0.25) is 0 Å². The summed E-state index contributed by atoms with van der Waals surface area (Å²) in [7, 11) is 0. The molecule has 0 aliphatic heterocycles. The third kappa shape index (κ3) is 8.97. The number of hydrogen-bond donors (Lipinski definition) is 4. The van der Waals surface area contributed by atoms with Crippen LogP contribution < -0.4 is 16.7 Å². The number of nitrogens with zero attached hydrogens (tertiary/aromatic N) is 2. The van der Waals surface area contributed by atoms with Gasteiger partial charge in [-0.25, -0.2) is 11.3 Å². The highest BCUT2D eigenvalue weighted by molar-refractivity contribution is 6.38. The van der Waals surface area contributed by atoms with Gasteiger partial charge in [-0.3, -0.25) is 15.0 Å². The molecular formula is C30H37N5O3. The van der Waals surface area contributed by atoms with Crippen molar-refractivity contribution in [1.29, 1.82) is 0 Å². The van der Waals surface area contributed by atoms with Gasteiger partial charge in [-0.15, -0.1) is 0 Å². The second-order valence-corrected chi connectivity index (χ2v) is 10.7. The number of nitrogens with one attached hydrogen (secondary N) is 2. The third-order valence-electron chi connectivity index (χ3n) is 5.68. The molecule has 0 radical (unpaired) electrons. The van der Waals surface area contributed by atoms with Gasteiger partial charge >= 0.3 is 0 Å². The number of oxime groups is 1. The van der Waals surface area contributed by atoms with Gasteiger partial charge in [0.15, 0.2) is 0 Å². The Labute approximate surface area is 224 Å². The molecule has 3 aromatic carbocycles. The number of nitrogen functional groups attached to an aromatic ring is 1. The Balaban J connectivity index is 0.000000308. The van der Waals surface area contributed by atoms with E-state index >= 15 is 0 Å². The molecule has 8 nitrogen and oxygen atoms in total. The zero-order valence-electron chi connectivity index (χ0n) is 22.8. The summed E-state index contributed by atoms with van der Waals surface area (Å²) in [6.45, 7) is 12.7. The van der Waals surface area contributed by atoms with E-state index in [0.717, 1.165) is 11.1 Å². The standard InChI is InChI=1S/C19H21N3O2.C11H16N2O/c1-19(2,3)16-11-9-15(10-12-16)18(23)22-21-17(13-20-24)14-7-5-4-6-8-14;1-11(2,3)9-6-4-8(5-7-9)10(14)13-12/h4-13,24H,1-3H3,(H,22,23);4-7H,12H2,1-3H3,(H,13,14)/b20-13+,21-17+;. The Morgan fingerprint density at radius 1 is 0.711 bits per heavy atom. The van der Waals surface area contributed by atoms with Crippen LogP contribution in [-0.2, 0) is 10.8 Å². The predicted molar refractivity (Wildman–Crippen MR) is 153 cm³/mol. The topological polar surface area (TPSA) is 129 Å². The smallest absolute Gasteiger partial charge is 0.271 e. The van der Waals surface area contributed by atoms with Gasteiger partial charge in [-0.1, -0.05) is 101 Å². The van der Waals surface area contributed by atoms with E-state index < -0.39 is 0 Å². The number of benzene rings is 3. The van der Waals surface area contributed by atoms with E-state index in [4.69, 9.17) is 11.0 Å². The number of carbonyl (C=O) groups is 2. The number of amides is 2. The number of carbonyl (C=O) groups excluding carboxylic acids is 2. The average Bonchev–Trinajstić information content (AvgIpc) is 2.90. The molecule has 0 heterocycles. The van der Waals surface area contributed by atoms with Crippen molar-refractivity contribution >= 4 is 23.7 Å². The van der Waals surface area contributed by atoms with Crippen molar-refractivity contribution in [1.82, 2.24) is 10.9 Å². The summed E-state index contributed by atoms with van der Waals surface area (Å²) in [6.07, 6.45) is 1.18. The Morgan fingerprint density at radius 2 is 1.16 bits per heavy atom. The lowest BCUT2D eigenvalue weighted by Gasteiger charge is -2.18. The largest absolute Gasteiger partial charge is 0.411 e. The summed E-state index contributed by atoms with van der Waals surface area (Å²) in [5.74, 6) is 4.45. The number of nitrogens with two attached hydrogens (primary N) is 1. The minimum absolute atomic E-state index is 0.0330. The predicted octanol–water partition coefficient (Wildman–Crippen LogP) is 5.17. The molecule has 200 valence electrons. The molecular weight excluding hydrogens is 478 g/mol. The zero-order chi connectivity index (χ0) is 28.3. The summed E-state index contributed by atoms with van der Waals surface area (Å²) in [4.78, 5) is 23.4. The van der Waals surface area contributed by atoms with Crippen LogP contribution in [0.5, 0.6) is 0 Å². The second-order valence-electron chi connectivity index (χ2n) is 10.7. The molecule has 3 aromatic rings. The summed E-state index contributed by atoms with van der Waals surface area (Å²) >= 11 is 0. The Bertz CT molecular complexity index is 1250. The van der Waals surface area contributed by atoms with Crippen LogP contribution in [0.4, 0.5) is 0 Å². The molecule has 0 aliphatic carbocycles. The van der Waals surface area contributed by atoms with E-state index in [0.29, 0.717) is 16.8 Å². The van der Waals surface area contributed by atoms with Crippen LogP contribution in [0.3, 0.4) is 0 Å². The highest BCUT2D eigenvalue weighted by Crippen LogP contribution is 2.23. The fourth-order valence-corrected chi connectivity index (χ4v) is 3.33. The zero-order valence-corrected chi connectivity index (χ0v) is 22.8. The van der Waals surface area contributed by atoms with Crippen molar-refractivity contribution in [3.63, 3.8) is 0 Å². The number of hydrogen-bond acceptors (Lipinski definition) is 6. The van der Waals surface area contributed by atoms with Crippen molar-refractivity contribution in [2.75, 3.05) is 0 Å². The molecule has 0 saturated carbocycles. The van der Waals surface area contributed by atoms with E-state index in [9.17, 15) is 9.59 Å². The van der Waals surface area contributed by atoms with Crippen LogP contribution in [0.25, 0.3) is 0 Å². The van der Waals surface area contributed by atoms with E-state index in [1.807, 2.05) is 54.6 Å². The van der Waals surface area contributed by atoms with Gasteiger partial charge in [0.05, 0.1) is 6.21 Å². The van der Waals surface area contributed by atoms with Crippen molar-refractivity contribution in [3.05, 3.63) is 107 Å². The lowest BCUT2D eigenvalue weighted by molar-refractivity contribution is 0.0946.